The van der Waals surface area contributed by atoms with Gasteiger partial charge in [-0.3, -0.25) is 0 Å². The van der Waals surface area contributed by atoms with Crippen molar-refractivity contribution < 1.29 is 26.3 Å². The van der Waals surface area contributed by atoms with Crippen LogP contribution in [0.25, 0.3) is 0 Å². The number of piperidine rings is 1. The zero-order valence-electron chi connectivity index (χ0n) is 13.4. The minimum absolute atomic E-state index is 0.102. The number of hydrogen-bond donors (Lipinski definition) is 1. The Hall–Kier alpha value is -1.85. The third-order valence-electron chi connectivity index (χ3n) is 3.87. The molecule has 1 aliphatic rings. The zero-order valence-corrected chi connectivity index (χ0v) is 15.1. The number of aromatic nitrogens is 1. The van der Waals surface area contributed by atoms with Crippen molar-refractivity contribution in [1.82, 2.24) is 9.71 Å². The van der Waals surface area contributed by atoms with Crippen molar-refractivity contribution in [3.05, 3.63) is 35.8 Å². The van der Waals surface area contributed by atoms with Crippen LogP contribution in [0.2, 0.25) is 0 Å². The van der Waals surface area contributed by atoms with Crippen LogP contribution in [0.15, 0.2) is 40.7 Å². The van der Waals surface area contributed by atoms with Crippen molar-refractivity contribution in [2.45, 2.75) is 30.1 Å². The maximum Gasteiger partial charge on any atom is 0.573 e. The molecule has 0 bridgehead atoms. The summed E-state index contributed by atoms with van der Waals surface area (Å²) in [7, 11) is -3.81. The SMILES string of the molecule is O=S(=O)(NC1CCN(c2nccs2)CC1)c1ccc(OC(F)(F)F)cc1. The Morgan fingerprint density at radius 3 is 2.38 bits per heavy atom. The van der Waals surface area contributed by atoms with Crippen LogP contribution in [-0.2, 0) is 10.0 Å². The Morgan fingerprint density at radius 2 is 1.85 bits per heavy atom. The van der Waals surface area contributed by atoms with Gasteiger partial charge in [0, 0.05) is 30.7 Å². The molecule has 1 fully saturated rings. The lowest BCUT2D eigenvalue weighted by atomic mass is 10.1. The van der Waals surface area contributed by atoms with E-state index in [9.17, 15) is 21.6 Å². The van der Waals surface area contributed by atoms with Crippen LogP contribution in [0.5, 0.6) is 5.75 Å². The molecule has 0 aliphatic carbocycles. The van der Waals surface area contributed by atoms with Gasteiger partial charge < -0.3 is 9.64 Å². The maximum atomic E-state index is 12.4. The van der Waals surface area contributed by atoms with E-state index in [-0.39, 0.29) is 10.9 Å². The Kier molecular flexibility index (Phi) is 5.39. The van der Waals surface area contributed by atoms with Crippen LogP contribution in [0, 0.1) is 0 Å². The lowest BCUT2D eigenvalue weighted by Gasteiger charge is -2.31. The molecule has 0 amide bonds. The van der Waals surface area contributed by atoms with Crippen LogP contribution in [0.4, 0.5) is 18.3 Å². The first-order valence-corrected chi connectivity index (χ1v) is 10.1. The Balaban J connectivity index is 1.59. The van der Waals surface area contributed by atoms with Gasteiger partial charge in [-0.1, -0.05) is 0 Å². The van der Waals surface area contributed by atoms with E-state index >= 15 is 0 Å². The fraction of sp³-hybridized carbons (Fsp3) is 0.400. The van der Waals surface area contributed by atoms with E-state index in [2.05, 4.69) is 19.3 Å². The highest BCUT2D eigenvalue weighted by Gasteiger charge is 2.31. The first kappa shape index (κ1) is 18.9. The summed E-state index contributed by atoms with van der Waals surface area (Å²) in [5.74, 6) is -0.465. The fourth-order valence-electron chi connectivity index (χ4n) is 2.67. The molecule has 1 saturated heterocycles. The Morgan fingerprint density at radius 1 is 1.19 bits per heavy atom. The predicted octanol–water partition coefficient (Wildman–Crippen LogP) is 2.99. The maximum absolute atomic E-state index is 12.4. The van der Waals surface area contributed by atoms with E-state index < -0.39 is 22.1 Å². The normalized spacial score (nSPS) is 16.7. The smallest absolute Gasteiger partial charge is 0.406 e. The summed E-state index contributed by atoms with van der Waals surface area (Å²) in [6.07, 6.45) is -1.85. The highest BCUT2D eigenvalue weighted by atomic mass is 32.2. The number of anilines is 1. The molecule has 0 unspecified atom stereocenters. The van der Waals surface area contributed by atoms with Crippen molar-refractivity contribution >= 4 is 26.5 Å². The van der Waals surface area contributed by atoms with Crippen molar-refractivity contribution in [3.8, 4) is 5.75 Å². The molecule has 0 spiro atoms. The highest BCUT2D eigenvalue weighted by Crippen LogP contribution is 2.25. The first-order valence-electron chi connectivity index (χ1n) is 7.75. The molecule has 2 aromatic rings. The Bertz CT molecular complexity index is 816. The van der Waals surface area contributed by atoms with Crippen molar-refractivity contribution in [3.63, 3.8) is 0 Å². The van der Waals surface area contributed by atoms with Crippen molar-refractivity contribution in [2.75, 3.05) is 18.0 Å². The zero-order chi connectivity index (χ0) is 18.8. The molecule has 11 heteroatoms. The van der Waals surface area contributed by atoms with Crippen LogP contribution in [-0.4, -0.2) is 38.9 Å². The van der Waals surface area contributed by atoms with Crippen LogP contribution in [0.3, 0.4) is 0 Å². The lowest BCUT2D eigenvalue weighted by molar-refractivity contribution is -0.274. The summed E-state index contributed by atoms with van der Waals surface area (Å²) in [4.78, 5) is 6.23. The molecule has 26 heavy (non-hydrogen) atoms. The number of nitrogens with one attached hydrogen (secondary N) is 1. The van der Waals surface area contributed by atoms with Gasteiger partial charge in [0.2, 0.25) is 10.0 Å². The quantitative estimate of drug-likeness (QED) is 0.825. The molecular formula is C15H16F3N3O3S2. The summed E-state index contributed by atoms with van der Waals surface area (Å²) >= 11 is 1.53. The van der Waals surface area contributed by atoms with Gasteiger partial charge in [-0.15, -0.1) is 24.5 Å². The molecular weight excluding hydrogens is 391 g/mol. The van der Waals surface area contributed by atoms with E-state index in [0.717, 1.165) is 29.4 Å². The largest absolute Gasteiger partial charge is 0.573 e. The number of benzene rings is 1. The fourth-order valence-corrected chi connectivity index (χ4v) is 4.67. The second-order valence-corrected chi connectivity index (χ2v) is 8.30. The number of hydrogen-bond acceptors (Lipinski definition) is 6. The predicted molar refractivity (Wildman–Crippen MR) is 90.8 cm³/mol. The second kappa shape index (κ2) is 7.41. The molecule has 1 aromatic heterocycles. The van der Waals surface area contributed by atoms with E-state index in [1.54, 1.807) is 6.20 Å². The average Bonchev–Trinajstić information content (AvgIpc) is 3.09. The third kappa shape index (κ3) is 4.86. The number of halogens is 3. The van der Waals surface area contributed by atoms with Crippen LogP contribution in [0.1, 0.15) is 12.8 Å². The molecule has 0 radical (unpaired) electrons. The summed E-state index contributed by atoms with van der Waals surface area (Å²) in [6.45, 7) is 1.36. The minimum Gasteiger partial charge on any atom is -0.406 e. The van der Waals surface area contributed by atoms with E-state index in [1.165, 1.54) is 11.3 Å². The third-order valence-corrected chi connectivity index (χ3v) is 6.24. The van der Waals surface area contributed by atoms with Gasteiger partial charge in [-0.25, -0.2) is 18.1 Å². The van der Waals surface area contributed by atoms with Gasteiger partial charge in [-0.05, 0) is 37.1 Å². The molecule has 0 saturated carbocycles. The average molecular weight is 407 g/mol. The molecule has 1 N–H and O–H groups in total. The molecule has 3 rings (SSSR count). The number of nitrogens with zero attached hydrogens (tertiary/aromatic N) is 2. The van der Waals surface area contributed by atoms with Gasteiger partial charge in [0.1, 0.15) is 5.75 Å². The molecule has 1 aliphatic heterocycles. The van der Waals surface area contributed by atoms with Crippen LogP contribution < -0.4 is 14.4 Å². The summed E-state index contributed by atoms with van der Waals surface area (Å²) < 4.78 is 67.6. The lowest BCUT2D eigenvalue weighted by Crippen LogP contribution is -2.44. The minimum atomic E-state index is -4.82. The molecule has 142 valence electrons. The van der Waals surface area contributed by atoms with E-state index in [0.29, 0.717) is 25.9 Å². The summed E-state index contributed by atoms with van der Waals surface area (Å²) in [5.41, 5.74) is 0. The monoisotopic (exact) mass is 407 g/mol. The van der Waals surface area contributed by atoms with Gasteiger partial charge >= 0.3 is 6.36 Å². The first-order chi connectivity index (χ1) is 12.2. The van der Waals surface area contributed by atoms with Crippen LogP contribution >= 0.6 is 11.3 Å². The Labute approximate surface area is 152 Å². The van der Waals surface area contributed by atoms with E-state index in [1.807, 2.05) is 5.38 Å². The second-order valence-electron chi connectivity index (χ2n) is 5.72. The summed E-state index contributed by atoms with van der Waals surface area (Å²) in [6, 6.07) is 3.91. The van der Waals surface area contributed by atoms with Crippen molar-refractivity contribution in [1.29, 1.82) is 0 Å². The molecule has 1 aromatic carbocycles. The number of alkyl halides is 3. The highest BCUT2D eigenvalue weighted by molar-refractivity contribution is 7.89. The number of sulfonamides is 1. The molecule has 6 nitrogen and oxygen atoms in total. The molecule has 2 heterocycles. The topological polar surface area (TPSA) is 71.5 Å². The standard InChI is InChI=1S/C15H16F3N3O3S2/c16-15(17,18)24-12-1-3-13(4-2-12)26(22,23)20-11-5-8-21(9-6-11)14-19-7-10-25-14/h1-4,7,10-11,20H,5-6,8-9H2. The van der Waals surface area contributed by atoms with Gasteiger partial charge in [0.05, 0.1) is 4.90 Å². The van der Waals surface area contributed by atoms with Gasteiger partial charge in [0.25, 0.3) is 0 Å². The van der Waals surface area contributed by atoms with Gasteiger partial charge in [0.15, 0.2) is 5.13 Å². The summed E-state index contributed by atoms with van der Waals surface area (Å²) in [5, 5.41) is 2.79. The molecule has 0 atom stereocenters. The van der Waals surface area contributed by atoms with Crippen molar-refractivity contribution in [2.24, 2.45) is 0 Å². The number of thiazole rings is 1. The number of rotatable bonds is 5. The number of ether oxygens (including phenoxy) is 1. The van der Waals surface area contributed by atoms with E-state index in [4.69, 9.17) is 0 Å². The van der Waals surface area contributed by atoms with Gasteiger partial charge in [-0.2, -0.15) is 0 Å².